The standard InChI is InChI=1S/C15H8IN3O2/c16-13-4-2-9(6-14(13)20)15(21)19-12-3-1-10(7-17)11(5-12)8-18/h1-6,20H,(H,19,21). The molecule has 2 aromatic rings. The topological polar surface area (TPSA) is 96.9 Å². The van der Waals surface area contributed by atoms with Crippen LogP contribution in [-0.2, 0) is 0 Å². The lowest BCUT2D eigenvalue weighted by molar-refractivity contribution is 0.102. The van der Waals surface area contributed by atoms with Crippen LogP contribution in [-0.4, -0.2) is 11.0 Å². The van der Waals surface area contributed by atoms with Gasteiger partial charge in [-0.05, 0) is 59.0 Å². The first kappa shape index (κ1) is 14.8. The molecule has 6 heteroatoms. The van der Waals surface area contributed by atoms with Gasteiger partial charge in [0.25, 0.3) is 5.91 Å². The Morgan fingerprint density at radius 3 is 2.43 bits per heavy atom. The monoisotopic (exact) mass is 389 g/mol. The van der Waals surface area contributed by atoms with Crippen LogP contribution >= 0.6 is 22.6 Å². The van der Waals surface area contributed by atoms with Gasteiger partial charge in [-0.25, -0.2) is 0 Å². The van der Waals surface area contributed by atoms with Crippen molar-refractivity contribution in [3.63, 3.8) is 0 Å². The summed E-state index contributed by atoms with van der Waals surface area (Å²) in [5.41, 5.74) is 1.16. The summed E-state index contributed by atoms with van der Waals surface area (Å²) < 4.78 is 0.647. The van der Waals surface area contributed by atoms with Crippen LogP contribution in [0.15, 0.2) is 36.4 Å². The van der Waals surface area contributed by atoms with Crippen molar-refractivity contribution < 1.29 is 9.90 Å². The Morgan fingerprint density at radius 2 is 1.81 bits per heavy atom. The Bertz CT molecular complexity index is 804. The van der Waals surface area contributed by atoms with Crippen molar-refractivity contribution in [1.29, 1.82) is 10.5 Å². The molecule has 0 aliphatic carbocycles. The summed E-state index contributed by atoms with van der Waals surface area (Å²) in [5.74, 6) is -0.379. The van der Waals surface area contributed by atoms with E-state index in [2.05, 4.69) is 5.32 Å². The van der Waals surface area contributed by atoms with Gasteiger partial charge in [-0.15, -0.1) is 0 Å². The van der Waals surface area contributed by atoms with E-state index in [1.165, 1.54) is 18.2 Å². The molecule has 0 fully saturated rings. The van der Waals surface area contributed by atoms with Gasteiger partial charge in [-0.2, -0.15) is 10.5 Å². The number of nitrogens with zero attached hydrogens (tertiary/aromatic N) is 2. The highest BCUT2D eigenvalue weighted by Crippen LogP contribution is 2.21. The summed E-state index contributed by atoms with van der Waals surface area (Å²) in [4.78, 5) is 12.1. The van der Waals surface area contributed by atoms with Gasteiger partial charge in [0.15, 0.2) is 0 Å². The fraction of sp³-hybridized carbons (Fsp3) is 0. The highest BCUT2D eigenvalue weighted by Gasteiger charge is 2.10. The smallest absolute Gasteiger partial charge is 0.255 e. The van der Waals surface area contributed by atoms with Crippen molar-refractivity contribution in [2.45, 2.75) is 0 Å². The largest absolute Gasteiger partial charge is 0.507 e. The number of amides is 1. The molecule has 0 radical (unpaired) electrons. The fourth-order valence-corrected chi connectivity index (χ4v) is 2.00. The summed E-state index contributed by atoms with van der Waals surface area (Å²) >= 11 is 1.96. The van der Waals surface area contributed by atoms with Crippen LogP contribution in [0.4, 0.5) is 5.69 Å². The number of anilines is 1. The number of hydrogen-bond acceptors (Lipinski definition) is 4. The minimum absolute atomic E-state index is 0.0285. The van der Waals surface area contributed by atoms with Gasteiger partial charge in [-0.3, -0.25) is 4.79 Å². The SMILES string of the molecule is N#Cc1ccc(NC(=O)c2ccc(I)c(O)c2)cc1C#N. The molecule has 102 valence electrons. The van der Waals surface area contributed by atoms with E-state index >= 15 is 0 Å². The second kappa shape index (κ2) is 6.25. The Kier molecular flexibility index (Phi) is 4.41. The zero-order chi connectivity index (χ0) is 15.4. The molecule has 0 unspecified atom stereocenters. The highest BCUT2D eigenvalue weighted by atomic mass is 127. The van der Waals surface area contributed by atoms with E-state index in [4.69, 9.17) is 10.5 Å². The van der Waals surface area contributed by atoms with Gasteiger partial charge in [-0.1, -0.05) is 0 Å². The fourth-order valence-electron chi connectivity index (χ4n) is 1.67. The van der Waals surface area contributed by atoms with Crippen molar-refractivity contribution in [3.05, 3.63) is 56.7 Å². The molecule has 0 atom stereocenters. The molecule has 0 saturated heterocycles. The quantitative estimate of drug-likeness (QED) is 0.772. The molecule has 1 amide bonds. The molecule has 5 nitrogen and oxygen atoms in total. The minimum Gasteiger partial charge on any atom is -0.507 e. The van der Waals surface area contributed by atoms with Crippen LogP contribution in [0.2, 0.25) is 0 Å². The lowest BCUT2D eigenvalue weighted by Gasteiger charge is -2.07. The highest BCUT2D eigenvalue weighted by molar-refractivity contribution is 14.1. The number of carbonyl (C=O) groups excluding carboxylic acids is 1. The molecule has 2 aromatic carbocycles. The Labute approximate surface area is 134 Å². The number of aromatic hydroxyl groups is 1. The van der Waals surface area contributed by atoms with Crippen molar-refractivity contribution in [2.24, 2.45) is 0 Å². The first-order valence-corrected chi connectivity index (χ1v) is 6.87. The molecule has 21 heavy (non-hydrogen) atoms. The first-order valence-electron chi connectivity index (χ1n) is 5.79. The molecule has 0 heterocycles. The third kappa shape index (κ3) is 3.30. The molecular formula is C15H8IN3O2. The van der Waals surface area contributed by atoms with E-state index in [0.717, 1.165) is 0 Å². The third-order valence-electron chi connectivity index (χ3n) is 2.73. The van der Waals surface area contributed by atoms with E-state index in [9.17, 15) is 9.90 Å². The zero-order valence-corrected chi connectivity index (χ0v) is 12.7. The molecule has 0 aliphatic rings. The number of benzene rings is 2. The maximum absolute atomic E-state index is 12.1. The molecule has 0 aromatic heterocycles. The maximum atomic E-state index is 12.1. The van der Waals surface area contributed by atoms with Gasteiger partial charge < -0.3 is 10.4 Å². The number of halogens is 1. The van der Waals surface area contributed by atoms with E-state index in [0.29, 0.717) is 14.8 Å². The van der Waals surface area contributed by atoms with Crippen LogP contribution in [0.5, 0.6) is 5.75 Å². The zero-order valence-electron chi connectivity index (χ0n) is 10.6. The summed E-state index contributed by atoms with van der Waals surface area (Å²) in [6, 6.07) is 12.8. The van der Waals surface area contributed by atoms with Gasteiger partial charge in [0.2, 0.25) is 0 Å². The van der Waals surface area contributed by atoms with E-state index in [-0.39, 0.29) is 16.9 Å². The molecule has 0 spiro atoms. The molecule has 0 bridgehead atoms. The average Bonchev–Trinajstić information content (AvgIpc) is 2.49. The maximum Gasteiger partial charge on any atom is 0.255 e. The number of hydrogen-bond donors (Lipinski definition) is 2. The Hall–Kier alpha value is -2.58. The van der Waals surface area contributed by atoms with Crippen molar-refractivity contribution in [2.75, 3.05) is 5.32 Å². The predicted molar refractivity (Wildman–Crippen MR) is 84.6 cm³/mol. The molecule has 0 saturated carbocycles. The summed E-state index contributed by atoms with van der Waals surface area (Å²) in [5, 5.41) is 30.0. The summed E-state index contributed by atoms with van der Waals surface area (Å²) in [6.07, 6.45) is 0. The number of rotatable bonds is 2. The number of nitrogens with one attached hydrogen (secondary N) is 1. The number of nitriles is 2. The molecule has 2 rings (SSSR count). The average molecular weight is 389 g/mol. The van der Waals surface area contributed by atoms with Gasteiger partial charge in [0.1, 0.15) is 17.9 Å². The van der Waals surface area contributed by atoms with E-state index < -0.39 is 5.91 Å². The van der Waals surface area contributed by atoms with Crippen LogP contribution in [0, 0.1) is 26.2 Å². The second-order valence-electron chi connectivity index (χ2n) is 4.10. The van der Waals surface area contributed by atoms with Crippen LogP contribution < -0.4 is 5.32 Å². The molecule has 2 N–H and O–H groups in total. The first-order chi connectivity index (χ1) is 10.0. The molecule has 0 aliphatic heterocycles. The van der Waals surface area contributed by atoms with Crippen LogP contribution in [0.1, 0.15) is 21.5 Å². The van der Waals surface area contributed by atoms with Gasteiger partial charge in [0.05, 0.1) is 14.7 Å². The number of phenolic OH excluding ortho intramolecular Hbond substituents is 1. The van der Waals surface area contributed by atoms with Crippen molar-refractivity contribution in [1.82, 2.24) is 0 Å². The van der Waals surface area contributed by atoms with Crippen LogP contribution in [0.3, 0.4) is 0 Å². The van der Waals surface area contributed by atoms with Crippen LogP contribution in [0.25, 0.3) is 0 Å². The summed E-state index contributed by atoms with van der Waals surface area (Å²) in [7, 11) is 0. The van der Waals surface area contributed by atoms with Crippen molar-refractivity contribution in [3.8, 4) is 17.9 Å². The van der Waals surface area contributed by atoms with Crippen molar-refractivity contribution >= 4 is 34.2 Å². The van der Waals surface area contributed by atoms with Gasteiger partial charge in [0, 0.05) is 11.3 Å². The lowest BCUT2D eigenvalue weighted by atomic mass is 10.1. The molecular weight excluding hydrogens is 381 g/mol. The minimum atomic E-state index is -0.407. The Balaban J connectivity index is 2.26. The Morgan fingerprint density at radius 1 is 1.10 bits per heavy atom. The van der Waals surface area contributed by atoms with Gasteiger partial charge >= 0.3 is 0 Å². The number of phenols is 1. The normalized spacial score (nSPS) is 9.48. The summed E-state index contributed by atoms with van der Waals surface area (Å²) in [6.45, 7) is 0. The van der Waals surface area contributed by atoms with E-state index in [1.807, 2.05) is 34.7 Å². The lowest BCUT2D eigenvalue weighted by Crippen LogP contribution is -2.12. The van der Waals surface area contributed by atoms with E-state index in [1.54, 1.807) is 18.2 Å². The number of carbonyl (C=O) groups is 1. The predicted octanol–water partition coefficient (Wildman–Crippen LogP) is 2.99. The second-order valence-corrected chi connectivity index (χ2v) is 5.27. The third-order valence-corrected chi connectivity index (χ3v) is 3.64.